The van der Waals surface area contributed by atoms with Crippen molar-refractivity contribution in [3.63, 3.8) is 0 Å². The maximum Gasteiger partial charge on any atom is 0.220 e. The fraction of sp³-hybridized carbons (Fsp3) is 0.632. The molecule has 0 bridgehead atoms. The Hall–Kier alpha value is -1.31. The summed E-state index contributed by atoms with van der Waals surface area (Å²) >= 11 is 0. The molecule has 0 aromatic heterocycles. The second kappa shape index (κ2) is 8.86. The van der Waals surface area contributed by atoms with E-state index < -0.39 is 0 Å². The van der Waals surface area contributed by atoms with E-state index in [0.717, 1.165) is 12.8 Å². The Bertz CT molecular complexity index is 463. The van der Waals surface area contributed by atoms with E-state index >= 15 is 0 Å². The van der Waals surface area contributed by atoms with Gasteiger partial charge in [0.1, 0.15) is 0 Å². The van der Waals surface area contributed by atoms with Crippen molar-refractivity contribution in [3.05, 3.63) is 34.4 Å². The first-order chi connectivity index (χ1) is 9.95. The van der Waals surface area contributed by atoms with E-state index in [0.29, 0.717) is 18.9 Å². The summed E-state index contributed by atoms with van der Waals surface area (Å²) in [4.78, 5) is 11.8. The number of amides is 1. The number of benzene rings is 1. The summed E-state index contributed by atoms with van der Waals surface area (Å²) < 4.78 is 0. The van der Waals surface area contributed by atoms with Crippen LogP contribution in [0.1, 0.15) is 81.0 Å². The minimum atomic E-state index is 0.176. The van der Waals surface area contributed by atoms with Crippen molar-refractivity contribution in [1.29, 1.82) is 0 Å². The Morgan fingerprint density at radius 1 is 1.14 bits per heavy atom. The summed E-state index contributed by atoms with van der Waals surface area (Å²) in [5.74, 6) is 0.698. The van der Waals surface area contributed by atoms with E-state index in [1.807, 2.05) is 0 Å². The SMILES string of the molecule is CCCCCCC(=O)NCc1cc(C)c(C)c(C(C)C)c1. The molecule has 2 nitrogen and oxygen atoms in total. The number of unbranched alkanes of at least 4 members (excludes halogenated alkanes) is 3. The molecule has 0 heterocycles. The second-order valence-corrected chi connectivity index (χ2v) is 6.37. The van der Waals surface area contributed by atoms with Crippen molar-refractivity contribution >= 4 is 5.91 Å². The van der Waals surface area contributed by atoms with Gasteiger partial charge in [0.2, 0.25) is 5.91 Å². The van der Waals surface area contributed by atoms with Crippen molar-refractivity contribution in [2.24, 2.45) is 0 Å². The van der Waals surface area contributed by atoms with Crippen LogP contribution in [-0.2, 0) is 11.3 Å². The van der Waals surface area contributed by atoms with E-state index in [2.05, 4.69) is 52.1 Å². The first-order valence-corrected chi connectivity index (χ1v) is 8.32. The highest BCUT2D eigenvalue weighted by Gasteiger charge is 2.08. The van der Waals surface area contributed by atoms with Gasteiger partial charge >= 0.3 is 0 Å². The lowest BCUT2D eigenvalue weighted by Gasteiger charge is -2.15. The lowest BCUT2D eigenvalue weighted by atomic mass is 9.92. The summed E-state index contributed by atoms with van der Waals surface area (Å²) in [5.41, 5.74) is 5.29. The van der Waals surface area contributed by atoms with Crippen LogP contribution in [0.15, 0.2) is 12.1 Å². The summed E-state index contributed by atoms with van der Waals surface area (Å²) in [6.45, 7) is 11.6. The zero-order valence-electron chi connectivity index (χ0n) is 14.4. The van der Waals surface area contributed by atoms with E-state index in [9.17, 15) is 4.79 Å². The van der Waals surface area contributed by atoms with Crippen molar-refractivity contribution in [2.45, 2.75) is 79.2 Å². The molecule has 1 aromatic rings. The first kappa shape index (κ1) is 17.7. The Labute approximate surface area is 130 Å². The molecule has 0 fully saturated rings. The molecule has 0 aliphatic rings. The van der Waals surface area contributed by atoms with Gasteiger partial charge in [0, 0.05) is 13.0 Å². The minimum Gasteiger partial charge on any atom is -0.352 e. The third-order valence-electron chi connectivity index (χ3n) is 4.14. The van der Waals surface area contributed by atoms with Crippen molar-refractivity contribution in [2.75, 3.05) is 0 Å². The highest BCUT2D eigenvalue weighted by atomic mass is 16.1. The zero-order chi connectivity index (χ0) is 15.8. The van der Waals surface area contributed by atoms with Gasteiger partial charge in [-0.1, -0.05) is 52.2 Å². The van der Waals surface area contributed by atoms with Crippen LogP contribution in [0.5, 0.6) is 0 Å². The maximum atomic E-state index is 11.8. The first-order valence-electron chi connectivity index (χ1n) is 8.32. The van der Waals surface area contributed by atoms with E-state index in [-0.39, 0.29) is 5.91 Å². The number of rotatable bonds is 8. The van der Waals surface area contributed by atoms with Gasteiger partial charge in [-0.05, 0) is 48.4 Å². The maximum absolute atomic E-state index is 11.8. The summed E-state index contributed by atoms with van der Waals surface area (Å²) in [6, 6.07) is 4.43. The molecule has 0 unspecified atom stereocenters. The molecule has 0 spiro atoms. The molecule has 1 rings (SSSR count). The highest BCUT2D eigenvalue weighted by Crippen LogP contribution is 2.23. The topological polar surface area (TPSA) is 29.1 Å². The molecule has 1 N–H and O–H groups in total. The number of hydrogen-bond acceptors (Lipinski definition) is 1. The predicted octanol–water partition coefficient (Wildman–Crippen LogP) is 5.01. The number of carbonyl (C=O) groups excluding carboxylic acids is 1. The largest absolute Gasteiger partial charge is 0.352 e. The highest BCUT2D eigenvalue weighted by molar-refractivity contribution is 5.75. The average Bonchev–Trinajstić information content (AvgIpc) is 2.44. The van der Waals surface area contributed by atoms with Gasteiger partial charge in [-0.2, -0.15) is 0 Å². The van der Waals surface area contributed by atoms with Crippen LogP contribution in [0.2, 0.25) is 0 Å². The number of aryl methyl sites for hydroxylation is 1. The monoisotopic (exact) mass is 289 g/mol. The quantitative estimate of drug-likeness (QED) is 0.669. The van der Waals surface area contributed by atoms with Gasteiger partial charge in [0.15, 0.2) is 0 Å². The third kappa shape index (κ3) is 5.91. The van der Waals surface area contributed by atoms with Gasteiger partial charge in [-0.3, -0.25) is 4.79 Å². The fourth-order valence-corrected chi connectivity index (χ4v) is 2.67. The lowest BCUT2D eigenvalue weighted by molar-refractivity contribution is -0.121. The van der Waals surface area contributed by atoms with Crippen LogP contribution in [0, 0.1) is 13.8 Å². The Kier molecular flexibility index (Phi) is 7.49. The predicted molar refractivity (Wildman–Crippen MR) is 90.6 cm³/mol. The minimum absolute atomic E-state index is 0.176. The van der Waals surface area contributed by atoms with Gasteiger partial charge < -0.3 is 5.32 Å². The van der Waals surface area contributed by atoms with Gasteiger partial charge in [-0.15, -0.1) is 0 Å². The molecule has 118 valence electrons. The van der Waals surface area contributed by atoms with Crippen LogP contribution in [0.25, 0.3) is 0 Å². The molecule has 0 atom stereocenters. The third-order valence-corrected chi connectivity index (χ3v) is 4.14. The van der Waals surface area contributed by atoms with Crippen LogP contribution in [-0.4, -0.2) is 5.91 Å². The van der Waals surface area contributed by atoms with Crippen LogP contribution in [0.4, 0.5) is 0 Å². The summed E-state index contributed by atoms with van der Waals surface area (Å²) in [7, 11) is 0. The molecule has 1 aromatic carbocycles. The van der Waals surface area contributed by atoms with E-state index in [1.54, 1.807) is 0 Å². The molecular weight excluding hydrogens is 258 g/mol. The van der Waals surface area contributed by atoms with Gasteiger partial charge in [-0.25, -0.2) is 0 Å². The van der Waals surface area contributed by atoms with Crippen LogP contribution < -0.4 is 5.32 Å². The van der Waals surface area contributed by atoms with Crippen LogP contribution >= 0.6 is 0 Å². The molecule has 0 aliphatic heterocycles. The van der Waals surface area contributed by atoms with Crippen molar-refractivity contribution in [3.8, 4) is 0 Å². The normalized spacial score (nSPS) is 11.0. The van der Waals surface area contributed by atoms with Crippen LogP contribution in [0.3, 0.4) is 0 Å². The zero-order valence-corrected chi connectivity index (χ0v) is 14.4. The fourth-order valence-electron chi connectivity index (χ4n) is 2.67. The number of hydrogen-bond donors (Lipinski definition) is 1. The number of nitrogens with one attached hydrogen (secondary N) is 1. The molecule has 0 radical (unpaired) electrons. The standard InChI is InChI=1S/C19H31NO/c1-6-7-8-9-10-19(21)20-13-17-11-15(4)16(5)18(12-17)14(2)3/h11-12,14H,6-10,13H2,1-5H3,(H,20,21). The van der Waals surface area contributed by atoms with E-state index in [1.165, 1.54) is 35.1 Å². The van der Waals surface area contributed by atoms with Crippen molar-refractivity contribution < 1.29 is 4.79 Å². The second-order valence-electron chi connectivity index (χ2n) is 6.37. The Balaban J connectivity index is 2.53. The molecule has 0 saturated heterocycles. The van der Waals surface area contributed by atoms with Gasteiger partial charge in [0.25, 0.3) is 0 Å². The van der Waals surface area contributed by atoms with Crippen molar-refractivity contribution in [1.82, 2.24) is 5.32 Å². The molecular formula is C19H31NO. The molecule has 0 aliphatic carbocycles. The Morgan fingerprint density at radius 3 is 2.48 bits per heavy atom. The summed E-state index contributed by atoms with van der Waals surface area (Å²) in [6.07, 6.45) is 5.25. The molecule has 0 saturated carbocycles. The van der Waals surface area contributed by atoms with E-state index in [4.69, 9.17) is 0 Å². The molecule has 21 heavy (non-hydrogen) atoms. The molecule has 2 heteroatoms. The summed E-state index contributed by atoms with van der Waals surface area (Å²) in [5, 5.41) is 3.05. The average molecular weight is 289 g/mol. The number of carbonyl (C=O) groups is 1. The molecule has 1 amide bonds. The lowest BCUT2D eigenvalue weighted by Crippen LogP contribution is -2.22. The Morgan fingerprint density at radius 2 is 1.86 bits per heavy atom. The van der Waals surface area contributed by atoms with Gasteiger partial charge in [0.05, 0.1) is 0 Å². The smallest absolute Gasteiger partial charge is 0.220 e.